The molecule has 5 nitrogen and oxygen atoms in total. The fraction of sp³-hybridized carbons (Fsp3) is 0.316. The molecule has 2 heterocycles. The number of aromatic nitrogens is 1. The van der Waals surface area contributed by atoms with Gasteiger partial charge in [0, 0.05) is 31.4 Å². The van der Waals surface area contributed by atoms with E-state index in [0.717, 1.165) is 18.4 Å². The van der Waals surface area contributed by atoms with Crippen LogP contribution < -0.4 is 0 Å². The molecule has 6 heteroatoms. The predicted octanol–water partition coefficient (Wildman–Crippen LogP) is 3.19. The minimum absolute atomic E-state index is 0.0393. The Morgan fingerprint density at radius 2 is 2.08 bits per heavy atom. The molecule has 1 aliphatic heterocycles. The molecule has 1 amide bonds. The molecule has 1 unspecified atom stereocenters. The summed E-state index contributed by atoms with van der Waals surface area (Å²) in [5, 5.41) is 9.01. The van der Waals surface area contributed by atoms with E-state index >= 15 is 0 Å². The lowest BCUT2D eigenvalue weighted by atomic mass is 9.99. The number of halogens is 1. The molecule has 0 spiro atoms. The zero-order valence-electron chi connectivity index (χ0n) is 13.9. The molecule has 1 atom stereocenters. The summed E-state index contributed by atoms with van der Waals surface area (Å²) in [5.74, 6) is -1.41. The van der Waals surface area contributed by atoms with Crippen molar-refractivity contribution in [3.8, 4) is 0 Å². The molecule has 2 aromatic rings. The summed E-state index contributed by atoms with van der Waals surface area (Å²) in [6.07, 6.45) is 4.89. The van der Waals surface area contributed by atoms with E-state index in [2.05, 4.69) is 4.98 Å². The molecule has 1 saturated heterocycles. The number of benzene rings is 1. The molecule has 25 heavy (non-hydrogen) atoms. The summed E-state index contributed by atoms with van der Waals surface area (Å²) in [6.45, 7) is 2.17. The maximum atomic E-state index is 14.6. The van der Waals surface area contributed by atoms with Crippen molar-refractivity contribution in [1.29, 1.82) is 0 Å². The average molecular weight is 342 g/mol. The second kappa shape index (κ2) is 7.01. The quantitative estimate of drug-likeness (QED) is 0.926. The maximum Gasteiger partial charge on any atom is 0.337 e. The summed E-state index contributed by atoms with van der Waals surface area (Å²) in [4.78, 5) is 28.3. The van der Waals surface area contributed by atoms with Crippen molar-refractivity contribution in [1.82, 2.24) is 9.88 Å². The molecule has 0 bridgehead atoms. The summed E-state index contributed by atoms with van der Waals surface area (Å²) in [7, 11) is 0. The molecular weight excluding hydrogens is 323 g/mol. The van der Waals surface area contributed by atoms with Crippen molar-refractivity contribution >= 4 is 11.9 Å². The van der Waals surface area contributed by atoms with E-state index in [-0.39, 0.29) is 23.3 Å². The number of carbonyl (C=O) groups is 2. The van der Waals surface area contributed by atoms with Crippen molar-refractivity contribution in [3.05, 3.63) is 64.7 Å². The topological polar surface area (TPSA) is 70.5 Å². The monoisotopic (exact) mass is 342 g/mol. The largest absolute Gasteiger partial charge is 0.478 e. The van der Waals surface area contributed by atoms with Crippen LogP contribution in [0.2, 0.25) is 0 Å². The van der Waals surface area contributed by atoms with Gasteiger partial charge < -0.3 is 10.0 Å². The first-order valence-corrected chi connectivity index (χ1v) is 8.18. The lowest BCUT2D eigenvalue weighted by Gasteiger charge is -2.24. The molecule has 0 radical (unpaired) electrons. The number of carboxylic acid groups (broad SMARTS) is 1. The van der Waals surface area contributed by atoms with E-state index in [4.69, 9.17) is 5.11 Å². The lowest BCUT2D eigenvalue weighted by Crippen LogP contribution is -2.28. The van der Waals surface area contributed by atoms with Crippen LogP contribution in [0.1, 0.15) is 52.9 Å². The van der Waals surface area contributed by atoms with Gasteiger partial charge in [0.2, 0.25) is 5.91 Å². The van der Waals surface area contributed by atoms with Crippen LogP contribution in [-0.2, 0) is 11.2 Å². The Morgan fingerprint density at radius 3 is 2.76 bits per heavy atom. The number of carboxylic acids is 1. The van der Waals surface area contributed by atoms with Gasteiger partial charge in [0.05, 0.1) is 11.6 Å². The second-order valence-electron chi connectivity index (χ2n) is 6.29. The van der Waals surface area contributed by atoms with Crippen LogP contribution >= 0.6 is 0 Å². The minimum atomic E-state index is -1.04. The van der Waals surface area contributed by atoms with Crippen LogP contribution in [0, 0.1) is 5.82 Å². The zero-order valence-corrected chi connectivity index (χ0v) is 13.9. The van der Waals surface area contributed by atoms with Crippen LogP contribution in [0.25, 0.3) is 0 Å². The number of rotatable bonds is 4. The zero-order chi connectivity index (χ0) is 18.0. The molecule has 1 N–H and O–H groups in total. The number of nitrogens with zero attached hydrogens (tertiary/aromatic N) is 2. The van der Waals surface area contributed by atoms with E-state index in [1.807, 2.05) is 6.07 Å². The fourth-order valence-corrected chi connectivity index (χ4v) is 3.35. The van der Waals surface area contributed by atoms with E-state index < -0.39 is 5.97 Å². The van der Waals surface area contributed by atoms with Crippen molar-refractivity contribution < 1.29 is 19.1 Å². The number of hydrogen-bond acceptors (Lipinski definition) is 3. The number of likely N-dealkylation sites (tertiary alicyclic amines) is 1. The molecule has 1 aromatic carbocycles. The fourth-order valence-electron chi connectivity index (χ4n) is 3.35. The second-order valence-corrected chi connectivity index (χ2v) is 6.29. The van der Waals surface area contributed by atoms with Crippen LogP contribution in [0.3, 0.4) is 0 Å². The summed E-state index contributed by atoms with van der Waals surface area (Å²) >= 11 is 0. The number of carbonyl (C=O) groups excluding carboxylic acids is 1. The number of amides is 1. The van der Waals surface area contributed by atoms with Gasteiger partial charge in [-0.3, -0.25) is 9.78 Å². The summed E-state index contributed by atoms with van der Waals surface area (Å²) < 4.78 is 14.6. The predicted molar refractivity (Wildman–Crippen MR) is 89.8 cm³/mol. The molecule has 1 fully saturated rings. The molecule has 1 aromatic heterocycles. The third-order valence-corrected chi connectivity index (χ3v) is 4.53. The average Bonchev–Trinajstić information content (AvgIpc) is 3.05. The van der Waals surface area contributed by atoms with Gasteiger partial charge in [-0.05, 0) is 42.5 Å². The van der Waals surface area contributed by atoms with Gasteiger partial charge >= 0.3 is 5.97 Å². The molecule has 130 valence electrons. The van der Waals surface area contributed by atoms with E-state index in [1.165, 1.54) is 25.3 Å². The smallest absolute Gasteiger partial charge is 0.337 e. The van der Waals surface area contributed by atoms with Crippen molar-refractivity contribution in [2.24, 2.45) is 0 Å². The summed E-state index contributed by atoms with van der Waals surface area (Å²) in [6, 6.07) is 6.34. The Kier molecular flexibility index (Phi) is 4.79. The van der Waals surface area contributed by atoms with Crippen molar-refractivity contribution in [2.75, 3.05) is 6.54 Å². The minimum Gasteiger partial charge on any atom is -0.478 e. The molecule has 3 rings (SSSR count). The highest BCUT2D eigenvalue weighted by Crippen LogP contribution is 2.33. The van der Waals surface area contributed by atoms with E-state index in [0.29, 0.717) is 24.1 Å². The Morgan fingerprint density at radius 1 is 1.28 bits per heavy atom. The normalized spacial score (nSPS) is 16.9. The van der Waals surface area contributed by atoms with Gasteiger partial charge in [-0.15, -0.1) is 0 Å². The van der Waals surface area contributed by atoms with Crippen LogP contribution in [0.15, 0.2) is 36.7 Å². The van der Waals surface area contributed by atoms with Gasteiger partial charge in [-0.2, -0.15) is 0 Å². The lowest BCUT2D eigenvalue weighted by molar-refractivity contribution is -0.129. The van der Waals surface area contributed by atoms with E-state index in [9.17, 15) is 14.0 Å². The number of aromatic carboxylic acids is 1. The van der Waals surface area contributed by atoms with Gasteiger partial charge in [0.1, 0.15) is 5.82 Å². The van der Waals surface area contributed by atoms with Gasteiger partial charge in [0.25, 0.3) is 0 Å². The maximum absolute atomic E-state index is 14.6. The third kappa shape index (κ3) is 3.68. The molecule has 1 aliphatic rings. The Hall–Kier alpha value is -2.76. The molecular formula is C19H19FN2O3. The first-order chi connectivity index (χ1) is 12.0. The first kappa shape index (κ1) is 17.1. The third-order valence-electron chi connectivity index (χ3n) is 4.53. The van der Waals surface area contributed by atoms with Gasteiger partial charge in [0.15, 0.2) is 0 Å². The SMILES string of the molecule is CC(=O)N1CCCC1c1ccc(Cc2cncc(C(=O)O)c2)cc1F. The Bertz CT molecular complexity index is 822. The van der Waals surface area contributed by atoms with Crippen LogP contribution in [-0.4, -0.2) is 33.4 Å². The van der Waals surface area contributed by atoms with Crippen LogP contribution in [0.5, 0.6) is 0 Å². The highest BCUT2D eigenvalue weighted by molar-refractivity contribution is 5.87. The first-order valence-electron chi connectivity index (χ1n) is 8.18. The Labute approximate surface area is 145 Å². The standard InChI is InChI=1S/C19H19FN2O3/c1-12(23)22-6-2-3-18(22)16-5-4-13(9-17(16)20)7-14-8-15(19(24)25)11-21-10-14/h4-5,8-11,18H,2-3,6-7H2,1H3,(H,24,25). The van der Waals surface area contributed by atoms with Crippen molar-refractivity contribution in [3.63, 3.8) is 0 Å². The number of pyridine rings is 1. The van der Waals surface area contributed by atoms with Crippen LogP contribution in [0.4, 0.5) is 4.39 Å². The van der Waals surface area contributed by atoms with E-state index in [1.54, 1.807) is 17.2 Å². The summed E-state index contributed by atoms with van der Waals surface area (Å²) in [5.41, 5.74) is 2.09. The molecule has 0 aliphatic carbocycles. The Balaban J connectivity index is 1.81. The van der Waals surface area contributed by atoms with Gasteiger partial charge in [-0.1, -0.05) is 12.1 Å². The van der Waals surface area contributed by atoms with Gasteiger partial charge in [-0.25, -0.2) is 9.18 Å². The molecule has 0 saturated carbocycles. The highest BCUT2D eigenvalue weighted by atomic mass is 19.1. The van der Waals surface area contributed by atoms with Crippen molar-refractivity contribution in [2.45, 2.75) is 32.2 Å². The highest BCUT2D eigenvalue weighted by Gasteiger charge is 2.29. The number of hydrogen-bond donors (Lipinski definition) is 1.